The van der Waals surface area contributed by atoms with Crippen LogP contribution in [-0.2, 0) is 26.2 Å². The Morgan fingerprint density at radius 3 is 2.38 bits per heavy atom. The smallest absolute Gasteiger partial charge is 0.242 e. The molecule has 0 radical (unpaired) electrons. The van der Waals surface area contributed by atoms with Gasteiger partial charge in [-0.1, -0.05) is 55.3 Å². The molecule has 0 unspecified atom stereocenters. The van der Waals surface area contributed by atoms with Crippen LogP contribution >= 0.6 is 11.6 Å². The number of benzene rings is 2. The molecule has 2 amide bonds. The van der Waals surface area contributed by atoms with Gasteiger partial charge in [0.2, 0.25) is 21.8 Å². The lowest BCUT2D eigenvalue weighted by Crippen LogP contribution is -2.48. The van der Waals surface area contributed by atoms with Gasteiger partial charge >= 0.3 is 0 Å². The fraction of sp³-hybridized carbons (Fsp3) is 0.481. The molecule has 0 saturated carbocycles. The van der Waals surface area contributed by atoms with Crippen molar-refractivity contribution in [2.75, 3.05) is 30.3 Å². The van der Waals surface area contributed by atoms with Crippen molar-refractivity contribution in [3.63, 3.8) is 0 Å². The number of nitrogens with zero attached hydrogens (tertiary/aromatic N) is 2. The first-order valence-electron chi connectivity index (χ1n) is 12.6. The molecule has 0 aliphatic rings. The molecule has 0 aliphatic heterocycles. The fourth-order valence-corrected chi connectivity index (χ4v) is 5.02. The van der Waals surface area contributed by atoms with Crippen molar-refractivity contribution in [1.29, 1.82) is 0 Å². The number of amides is 2. The summed E-state index contributed by atoms with van der Waals surface area (Å²) in [4.78, 5) is 27.7. The molecule has 204 valence electrons. The van der Waals surface area contributed by atoms with Crippen LogP contribution in [0.2, 0.25) is 5.02 Å². The quantitative estimate of drug-likeness (QED) is 0.326. The number of ether oxygens (including phenoxy) is 1. The van der Waals surface area contributed by atoms with Crippen LogP contribution in [0.15, 0.2) is 48.5 Å². The first kappa shape index (κ1) is 30.4. The van der Waals surface area contributed by atoms with Gasteiger partial charge in [-0.15, -0.1) is 0 Å². The molecule has 0 saturated heterocycles. The molecule has 1 atom stereocenters. The van der Waals surface area contributed by atoms with E-state index in [-0.39, 0.29) is 37.7 Å². The molecule has 8 nitrogen and oxygen atoms in total. The topological polar surface area (TPSA) is 96.0 Å². The summed E-state index contributed by atoms with van der Waals surface area (Å²) < 4.78 is 32.1. The zero-order valence-electron chi connectivity index (χ0n) is 22.1. The number of unbranched alkanes of at least 4 members (excludes halogenated alkanes) is 1. The number of para-hydroxylation sites is 2. The standard InChI is InChI=1S/C27H38ClN3O5S/c1-5-7-18-29-27(33)21(3)30(20-22-13-8-9-14-23(22)28)26(32)17-12-19-31(37(4,34)35)24-15-10-11-16-25(24)36-6-2/h8-11,13-16,21H,5-7,12,17-20H2,1-4H3,(H,29,33)/t21-/m1/s1. The number of nitrogens with one attached hydrogen (secondary N) is 1. The van der Waals surface area contributed by atoms with Crippen LogP contribution in [0, 0.1) is 0 Å². The molecule has 0 heterocycles. The summed E-state index contributed by atoms with van der Waals surface area (Å²) in [7, 11) is -3.63. The lowest BCUT2D eigenvalue weighted by Gasteiger charge is -2.30. The van der Waals surface area contributed by atoms with Crippen molar-refractivity contribution in [2.45, 2.75) is 59.0 Å². The minimum absolute atomic E-state index is 0.0554. The highest BCUT2D eigenvalue weighted by molar-refractivity contribution is 7.92. The minimum Gasteiger partial charge on any atom is -0.492 e. The van der Waals surface area contributed by atoms with Crippen LogP contribution in [0.25, 0.3) is 0 Å². The number of anilines is 1. The van der Waals surface area contributed by atoms with Crippen molar-refractivity contribution < 1.29 is 22.7 Å². The third kappa shape index (κ3) is 9.23. The maximum atomic E-state index is 13.4. The Hall–Kier alpha value is -2.78. The van der Waals surface area contributed by atoms with Crippen LogP contribution in [0.4, 0.5) is 5.69 Å². The maximum absolute atomic E-state index is 13.4. The summed E-state index contributed by atoms with van der Waals surface area (Å²) in [6, 6.07) is 13.4. The third-order valence-corrected chi connectivity index (χ3v) is 7.43. The largest absolute Gasteiger partial charge is 0.492 e. The molecule has 10 heteroatoms. The molecule has 2 aromatic rings. The van der Waals surface area contributed by atoms with Gasteiger partial charge in [0.05, 0.1) is 18.6 Å². The summed E-state index contributed by atoms with van der Waals surface area (Å²) in [5, 5.41) is 3.39. The van der Waals surface area contributed by atoms with E-state index in [1.165, 1.54) is 9.21 Å². The molecule has 0 aliphatic carbocycles. The van der Waals surface area contributed by atoms with Crippen LogP contribution in [0.1, 0.15) is 52.0 Å². The number of carbonyl (C=O) groups excluding carboxylic acids is 2. The lowest BCUT2D eigenvalue weighted by atomic mass is 10.1. The first-order chi connectivity index (χ1) is 17.6. The minimum atomic E-state index is -3.63. The van der Waals surface area contributed by atoms with E-state index >= 15 is 0 Å². The van der Waals surface area contributed by atoms with E-state index in [4.69, 9.17) is 16.3 Å². The highest BCUT2D eigenvalue weighted by atomic mass is 35.5. The molecule has 2 aromatic carbocycles. The summed E-state index contributed by atoms with van der Waals surface area (Å²) >= 11 is 6.34. The molecule has 1 N–H and O–H groups in total. The van der Waals surface area contributed by atoms with E-state index in [0.717, 1.165) is 24.7 Å². The Bertz CT molecular complexity index is 1140. The van der Waals surface area contributed by atoms with Crippen LogP contribution in [-0.4, -0.2) is 57.1 Å². The Kier molecular flexibility index (Phi) is 12.2. The predicted molar refractivity (Wildman–Crippen MR) is 148 cm³/mol. The summed E-state index contributed by atoms with van der Waals surface area (Å²) in [5.41, 5.74) is 1.16. The average Bonchev–Trinajstić information content (AvgIpc) is 2.85. The van der Waals surface area contributed by atoms with Crippen molar-refractivity contribution in [3.05, 3.63) is 59.1 Å². The van der Waals surface area contributed by atoms with Gasteiger partial charge in [0, 0.05) is 31.1 Å². The van der Waals surface area contributed by atoms with Gasteiger partial charge in [0.15, 0.2) is 0 Å². The second-order valence-electron chi connectivity index (χ2n) is 8.77. The lowest BCUT2D eigenvalue weighted by molar-refractivity contribution is -0.140. The molecule has 0 spiro atoms. The van der Waals surface area contributed by atoms with Crippen LogP contribution in [0.5, 0.6) is 5.75 Å². The summed E-state index contributed by atoms with van der Waals surface area (Å²) in [6.07, 6.45) is 3.24. The van der Waals surface area contributed by atoms with Gasteiger partial charge in [-0.2, -0.15) is 0 Å². The summed E-state index contributed by atoms with van der Waals surface area (Å²) in [5.74, 6) is -0.0404. The van der Waals surface area contributed by atoms with E-state index in [2.05, 4.69) is 5.32 Å². The molecular formula is C27H38ClN3O5S. The zero-order chi connectivity index (χ0) is 27.4. The Morgan fingerprint density at radius 1 is 1.05 bits per heavy atom. The predicted octanol–water partition coefficient (Wildman–Crippen LogP) is 4.62. The number of sulfonamides is 1. The third-order valence-electron chi connectivity index (χ3n) is 5.88. The molecular weight excluding hydrogens is 514 g/mol. The van der Waals surface area contributed by atoms with Gasteiger partial charge in [0.25, 0.3) is 0 Å². The molecule has 0 bridgehead atoms. The monoisotopic (exact) mass is 551 g/mol. The molecule has 37 heavy (non-hydrogen) atoms. The van der Waals surface area contributed by atoms with E-state index in [1.807, 2.05) is 26.0 Å². The maximum Gasteiger partial charge on any atom is 0.242 e. The van der Waals surface area contributed by atoms with E-state index in [9.17, 15) is 18.0 Å². The normalized spacial score (nSPS) is 12.0. The van der Waals surface area contributed by atoms with Crippen LogP contribution in [0.3, 0.4) is 0 Å². The number of hydrogen-bond acceptors (Lipinski definition) is 5. The highest BCUT2D eigenvalue weighted by Crippen LogP contribution is 2.30. The van der Waals surface area contributed by atoms with Gasteiger partial charge in [-0.05, 0) is 50.5 Å². The Balaban J connectivity index is 2.19. The molecule has 0 aromatic heterocycles. The second-order valence-corrected chi connectivity index (χ2v) is 11.1. The van der Waals surface area contributed by atoms with Crippen molar-refractivity contribution >= 4 is 39.1 Å². The highest BCUT2D eigenvalue weighted by Gasteiger charge is 2.27. The van der Waals surface area contributed by atoms with E-state index < -0.39 is 16.1 Å². The first-order valence-corrected chi connectivity index (χ1v) is 14.8. The second kappa shape index (κ2) is 14.8. The Morgan fingerprint density at radius 2 is 1.73 bits per heavy atom. The van der Waals surface area contributed by atoms with Gasteiger partial charge in [-0.25, -0.2) is 8.42 Å². The van der Waals surface area contributed by atoms with Gasteiger partial charge in [0.1, 0.15) is 11.8 Å². The number of rotatable bonds is 15. The molecule has 0 fully saturated rings. The van der Waals surface area contributed by atoms with Crippen molar-refractivity contribution in [1.82, 2.24) is 10.2 Å². The van der Waals surface area contributed by atoms with E-state index in [0.29, 0.717) is 29.6 Å². The van der Waals surface area contributed by atoms with Gasteiger partial charge in [-0.3, -0.25) is 13.9 Å². The van der Waals surface area contributed by atoms with Crippen molar-refractivity contribution in [2.24, 2.45) is 0 Å². The molecule has 2 rings (SSSR count). The van der Waals surface area contributed by atoms with Crippen molar-refractivity contribution in [3.8, 4) is 5.75 Å². The number of hydrogen-bond donors (Lipinski definition) is 1. The number of carbonyl (C=O) groups is 2. The Labute approximate surface area is 226 Å². The summed E-state index contributed by atoms with van der Waals surface area (Å²) in [6.45, 7) is 6.74. The average molecular weight is 552 g/mol. The fourth-order valence-electron chi connectivity index (χ4n) is 3.85. The van der Waals surface area contributed by atoms with E-state index in [1.54, 1.807) is 43.3 Å². The number of halogens is 1. The SMILES string of the molecule is CCCCNC(=O)[C@@H](C)N(Cc1ccccc1Cl)C(=O)CCCN(c1ccccc1OCC)S(C)(=O)=O. The van der Waals surface area contributed by atoms with Gasteiger partial charge < -0.3 is 15.0 Å². The van der Waals surface area contributed by atoms with Crippen LogP contribution < -0.4 is 14.4 Å². The zero-order valence-corrected chi connectivity index (χ0v) is 23.6.